The fraction of sp³-hybridized carbons (Fsp3) is 0.545. The molecule has 0 saturated heterocycles. The highest BCUT2D eigenvalue weighted by Crippen LogP contribution is 2.25. The van der Waals surface area contributed by atoms with Gasteiger partial charge in [0, 0.05) is 33.7 Å². The van der Waals surface area contributed by atoms with Crippen LogP contribution in [0.15, 0.2) is 10.8 Å². The summed E-state index contributed by atoms with van der Waals surface area (Å²) in [6, 6.07) is -0.114. The Labute approximate surface area is 121 Å². The summed E-state index contributed by atoms with van der Waals surface area (Å²) in [7, 11) is 3.40. The predicted molar refractivity (Wildman–Crippen MR) is 79.5 cm³/mol. The number of aromatic nitrogens is 2. The lowest BCUT2D eigenvalue weighted by molar-refractivity contribution is 0.218. The van der Waals surface area contributed by atoms with Gasteiger partial charge in [0.15, 0.2) is 0 Å². The molecular weight excluding hydrogens is 312 g/mol. The Morgan fingerprint density at radius 3 is 2.47 bits per heavy atom. The van der Waals surface area contributed by atoms with Gasteiger partial charge in [-0.2, -0.15) is 0 Å². The van der Waals surface area contributed by atoms with E-state index in [9.17, 15) is 4.79 Å². The van der Waals surface area contributed by atoms with Gasteiger partial charge in [-0.25, -0.2) is 14.8 Å². The number of carbonyl (C=O) groups is 1. The van der Waals surface area contributed by atoms with Crippen LogP contribution in [-0.2, 0) is 0 Å². The molecule has 0 aliphatic rings. The average molecular weight is 331 g/mol. The van der Waals surface area contributed by atoms with Gasteiger partial charge in [-0.3, -0.25) is 0 Å². The van der Waals surface area contributed by atoms with Gasteiger partial charge in [-0.15, -0.1) is 0 Å². The number of anilines is 2. The molecule has 0 saturated carbocycles. The molecule has 0 aromatic carbocycles. The van der Waals surface area contributed by atoms with Crippen LogP contribution in [0.3, 0.4) is 0 Å². The summed E-state index contributed by atoms with van der Waals surface area (Å²) >= 11 is 3.44. The van der Waals surface area contributed by atoms with E-state index >= 15 is 0 Å². The van der Waals surface area contributed by atoms with Gasteiger partial charge in [-0.1, -0.05) is 0 Å². The molecule has 0 unspecified atom stereocenters. The van der Waals surface area contributed by atoms with E-state index < -0.39 is 0 Å². The normalized spacial score (nSPS) is 9.89. The Morgan fingerprint density at radius 1 is 1.26 bits per heavy atom. The van der Waals surface area contributed by atoms with E-state index in [4.69, 9.17) is 0 Å². The first-order chi connectivity index (χ1) is 9.06. The number of carbonyl (C=O) groups excluding carboxylic acids is 1. The second-order valence-corrected chi connectivity index (χ2v) is 4.76. The van der Waals surface area contributed by atoms with Crippen LogP contribution in [-0.4, -0.2) is 54.6 Å². The summed E-state index contributed by atoms with van der Waals surface area (Å²) in [5.41, 5.74) is 0. The Bertz CT molecular complexity index is 426. The highest BCUT2D eigenvalue weighted by Gasteiger charge is 2.07. The van der Waals surface area contributed by atoms with Crippen molar-refractivity contribution in [2.75, 3.05) is 44.4 Å². The number of urea groups is 1. The van der Waals surface area contributed by atoms with Crippen LogP contribution in [0.2, 0.25) is 0 Å². The van der Waals surface area contributed by atoms with Crippen LogP contribution in [0, 0.1) is 0 Å². The van der Waals surface area contributed by atoms with Crippen LogP contribution in [0.1, 0.15) is 6.92 Å². The summed E-state index contributed by atoms with van der Waals surface area (Å²) in [4.78, 5) is 21.1. The van der Waals surface area contributed by atoms with Crippen molar-refractivity contribution in [3.8, 4) is 0 Å². The zero-order valence-electron chi connectivity index (χ0n) is 11.3. The molecule has 0 radical (unpaired) electrons. The van der Waals surface area contributed by atoms with Crippen molar-refractivity contribution in [2.24, 2.45) is 0 Å². The molecule has 1 rings (SSSR count). The number of nitrogens with zero attached hydrogens (tertiary/aromatic N) is 3. The Kier molecular flexibility index (Phi) is 6.34. The largest absolute Gasteiger partial charge is 0.369 e. The average Bonchev–Trinajstić information content (AvgIpc) is 2.38. The first-order valence-corrected chi connectivity index (χ1v) is 6.79. The summed E-state index contributed by atoms with van der Waals surface area (Å²) in [6.45, 7) is 3.89. The van der Waals surface area contributed by atoms with Crippen molar-refractivity contribution < 1.29 is 4.79 Å². The Morgan fingerprint density at radius 2 is 1.89 bits per heavy atom. The number of amides is 2. The van der Waals surface area contributed by atoms with Crippen molar-refractivity contribution >= 4 is 33.6 Å². The minimum absolute atomic E-state index is 0.114. The standard InChI is InChI=1S/C11H19BrN6O/c1-4-13-9-8(12)10(17-7-16-9)14-5-6-15-11(19)18(2)3/h7H,4-6H2,1-3H3,(H,15,19)(H2,13,14,16,17). The van der Waals surface area contributed by atoms with E-state index in [0.717, 1.165) is 16.8 Å². The van der Waals surface area contributed by atoms with Crippen molar-refractivity contribution in [2.45, 2.75) is 6.92 Å². The molecule has 0 atom stereocenters. The molecule has 0 bridgehead atoms. The van der Waals surface area contributed by atoms with Crippen molar-refractivity contribution in [3.05, 3.63) is 10.8 Å². The smallest absolute Gasteiger partial charge is 0.316 e. The molecule has 2 amide bonds. The zero-order chi connectivity index (χ0) is 14.3. The van der Waals surface area contributed by atoms with Crippen molar-refractivity contribution in [1.82, 2.24) is 20.2 Å². The molecule has 19 heavy (non-hydrogen) atoms. The van der Waals surface area contributed by atoms with E-state index in [2.05, 4.69) is 41.8 Å². The third-order valence-electron chi connectivity index (χ3n) is 2.23. The van der Waals surface area contributed by atoms with Crippen LogP contribution in [0.5, 0.6) is 0 Å². The van der Waals surface area contributed by atoms with E-state index in [1.807, 2.05) is 6.92 Å². The van der Waals surface area contributed by atoms with Crippen LogP contribution in [0.25, 0.3) is 0 Å². The lowest BCUT2D eigenvalue weighted by atomic mass is 10.5. The van der Waals surface area contributed by atoms with E-state index in [1.54, 1.807) is 14.1 Å². The minimum atomic E-state index is -0.114. The molecule has 1 aromatic heterocycles. The zero-order valence-corrected chi connectivity index (χ0v) is 12.9. The maximum Gasteiger partial charge on any atom is 0.316 e. The monoisotopic (exact) mass is 330 g/mol. The summed E-state index contributed by atoms with van der Waals surface area (Å²) in [5, 5.41) is 9.02. The summed E-state index contributed by atoms with van der Waals surface area (Å²) < 4.78 is 0.788. The van der Waals surface area contributed by atoms with Gasteiger partial charge in [0.25, 0.3) is 0 Å². The number of hydrogen-bond donors (Lipinski definition) is 3. The summed E-state index contributed by atoms with van der Waals surface area (Å²) in [6.07, 6.45) is 1.49. The van der Waals surface area contributed by atoms with Crippen LogP contribution >= 0.6 is 15.9 Å². The van der Waals surface area contributed by atoms with Gasteiger partial charge in [0.2, 0.25) is 0 Å². The molecule has 106 valence electrons. The number of halogens is 1. The SMILES string of the molecule is CCNc1ncnc(NCCNC(=O)N(C)C)c1Br. The fourth-order valence-corrected chi connectivity index (χ4v) is 1.78. The lowest BCUT2D eigenvalue weighted by Crippen LogP contribution is -2.37. The Balaban J connectivity index is 2.45. The molecule has 0 fully saturated rings. The molecule has 0 spiro atoms. The molecule has 1 aromatic rings. The molecule has 0 aliphatic carbocycles. The third kappa shape index (κ3) is 4.90. The van der Waals surface area contributed by atoms with E-state index in [0.29, 0.717) is 18.9 Å². The first kappa shape index (κ1) is 15.5. The van der Waals surface area contributed by atoms with Gasteiger partial charge in [0.1, 0.15) is 22.4 Å². The minimum Gasteiger partial charge on any atom is -0.369 e. The number of rotatable bonds is 6. The van der Waals surface area contributed by atoms with Gasteiger partial charge in [-0.05, 0) is 22.9 Å². The van der Waals surface area contributed by atoms with Gasteiger partial charge >= 0.3 is 6.03 Å². The topological polar surface area (TPSA) is 82.2 Å². The third-order valence-corrected chi connectivity index (χ3v) is 2.98. The van der Waals surface area contributed by atoms with Crippen molar-refractivity contribution in [3.63, 3.8) is 0 Å². The second-order valence-electron chi connectivity index (χ2n) is 3.97. The molecule has 3 N–H and O–H groups in total. The fourth-order valence-electron chi connectivity index (χ4n) is 1.29. The van der Waals surface area contributed by atoms with Gasteiger partial charge < -0.3 is 20.9 Å². The van der Waals surface area contributed by atoms with Gasteiger partial charge in [0.05, 0.1) is 0 Å². The maximum atomic E-state index is 11.3. The van der Waals surface area contributed by atoms with Crippen molar-refractivity contribution in [1.29, 1.82) is 0 Å². The number of hydrogen-bond acceptors (Lipinski definition) is 5. The molecule has 1 heterocycles. The summed E-state index contributed by atoms with van der Waals surface area (Å²) in [5.74, 6) is 1.45. The van der Waals surface area contributed by atoms with E-state index in [-0.39, 0.29) is 6.03 Å². The predicted octanol–water partition coefficient (Wildman–Crippen LogP) is 1.35. The second kappa shape index (κ2) is 7.78. The molecule has 8 heteroatoms. The molecule has 7 nitrogen and oxygen atoms in total. The highest BCUT2D eigenvalue weighted by molar-refractivity contribution is 9.10. The maximum absolute atomic E-state index is 11.3. The Hall–Kier alpha value is -1.57. The highest BCUT2D eigenvalue weighted by atomic mass is 79.9. The number of nitrogens with one attached hydrogen (secondary N) is 3. The lowest BCUT2D eigenvalue weighted by Gasteiger charge is -2.13. The van der Waals surface area contributed by atoms with Crippen LogP contribution in [0.4, 0.5) is 16.4 Å². The first-order valence-electron chi connectivity index (χ1n) is 5.99. The molecule has 0 aliphatic heterocycles. The molecular formula is C11H19BrN6O. The quantitative estimate of drug-likeness (QED) is 0.686. The van der Waals surface area contributed by atoms with E-state index in [1.165, 1.54) is 11.2 Å². The van der Waals surface area contributed by atoms with Crippen LogP contribution < -0.4 is 16.0 Å².